The fraction of sp³-hybridized carbons (Fsp3) is 0.353. The summed E-state index contributed by atoms with van der Waals surface area (Å²) in [6.07, 6.45) is 0.573. The minimum Gasteiger partial charge on any atom is -0.370 e. The van der Waals surface area contributed by atoms with E-state index in [-0.39, 0.29) is 17.7 Å². The van der Waals surface area contributed by atoms with Crippen LogP contribution in [0.4, 0.5) is 5.00 Å². The summed E-state index contributed by atoms with van der Waals surface area (Å²) in [4.78, 5) is 13.8. The third kappa shape index (κ3) is 2.69. The highest BCUT2D eigenvalue weighted by atomic mass is 79.9. The van der Waals surface area contributed by atoms with Crippen molar-refractivity contribution in [2.75, 3.05) is 5.32 Å². The first-order chi connectivity index (χ1) is 10.9. The number of nitrogens with one attached hydrogen (secondary N) is 2. The van der Waals surface area contributed by atoms with Crippen LogP contribution in [0.25, 0.3) is 0 Å². The second-order valence-electron chi connectivity index (χ2n) is 6.54. The van der Waals surface area contributed by atoms with E-state index in [4.69, 9.17) is 4.74 Å². The number of halogens is 1. The third-order valence-corrected chi connectivity index (χ3v) is 5.93. The average molecular weight is 393 g/mol. The summed E-state index contributed by atoms with van der Waals surface area (Å²) in [6, 6.07) is 7.97. The minimum atomic E-state index is -0.218. The lowest BCUT2D eigenvalue weighted by molar-refractivity contribution is -0.0383. The van der Waals surface area contributed by atoms with Crippen LogP contribution in [-0.4, -0.2) is 11.5 Å². The Balaban J connectivity index is 1.70. The van der Waals surface area contributed by atoms with Crippen molar-refractivity contribution in [3.05, 3.63) is 50.3 Å². The van der Waals surface area contributed by atoms with Gasteiger partial charge >= 0.3 is 0 Å². The molecule has 0 fully saturated rings. The molecule has 0 unspecified atom stereocenters. The Kier molecular flexibility index (Phi) is 3.51. The first kappa shape index (κ1) is 15.2. The predicted molar refractivity (Wildman–Crippen MR) is 94.9 cm³/mol. The third-order valence-electron chi connectivity index (χ3n) is 4.27. The molecule has 6 heteroatoms. The summed E-state index contributed by atoms with van der Waals surface area (Å²) in [6.45, 7) is 4.72. The molecule has 23 heavy (non-hydrogen) atoms. The lowest BCUT2D eigenvalue weighted by Crippen LogP contribution is -2.39. The quantitative estimate of drug-likeness (QED) is 0.763. The van der Waals surface area contributed by atoms with E-state index in [9.17, 15) is 4.79 Å². The highest BCUT2D eigenvalue weighted by Gasteiger charge is 2.36. The smallest absolute Gasteiger partial charge is 0.256 e. The van der Waals surface area contributed by atoms with Crippen LogP contribution < -0.4 is 10.6 Å². The lowest BCUT2D eigenvalue weighted by Gasteiger charge is -2.31. The maximum Gasteiger partial charge on any atom is 0.256 e. The maximum absolute atomic E-state index is 12.7. The highest BCUT2D eigenvalue weighted by molar-refractivity contribution is 9.10. The number of carbonyl (C=O) groups excluding carboxylic acids is 1. The van der Waals surface area contributed by atoms with Crippen molar-refractivity contribution in [3.63, 3.8) is 0 Å². The highest BCUT2D eigenvalue weighted by Crippen LogP contribution is 2.43. The van der Waals surface area contributed by atoms with Gasteiger partial charge in [0, 0.05) is 15.8 Å². The Bertz CT molecular complexity index is 783. The molecule has 2 N–H and O–H groups in total. The molecule has 1 atom stereocenters. The molecule has 3 heterocycles. The summed E-state index contributed by atoms with van der Waals surface area (Å²) < 4.78 is 6.90. The van der Waals surface area contributed by atoms with Crippen molar-refractivity contribution in [2.45, 2.75) is 38.6 Å². The Morgan fingerprint density at radius 2 is 2.00 bits per heavy atom. The lowest BCUT2D eigenvalue weighted by atomic mass is 9.92. The SMILES string of the molecule is CC1(C)Cc2c(sc3c2C(=O)N[C@H](c2ccc(Br)cc2)N3)CO1. The summed E-state index contributed by atoms with van der Waals surface area (Å²) in [7, 11) is 0. The van der Waals surface area contributed by atoms with Gasteiger partial charge in [-0.2, -0.15) is 0 Å². The zero-order valence-corrected chi connectivity index (χ0v) is 15.3. The number of amides is 1. The number of anilines is 1. The normalized spacial score (nSPS) is 21.9. The fourth-order valence-corrected chi connectivity index (χ4v) is 4.51. The first-order valence-electron chi connectivity index (χ1n) is 7.54. The van der Waals surface area contributed by atoms with Gasteiger partial charge in [-0.3, -0.25) is 4.79 Å². The molecule has 120 valence electrons. The van der Waals surface area contributed by atoms with E-state index in [2.05, 4.69) is 40.4 Å². The second-order valence-corrected chi connectivity index (χ2v) is 8.56. The van der Waals surface area contributed by atoms with Gasteiger partial charge in [0.1, 0.15) is 11.2 Å². The summed E-state index contributed by atoms with van der Waals surface area (Å²) in [5.74, 6) is 0.00173. The topological polar surface area (TPSA) is 50.4 Å². The van der Waals surface area contributed by atoms with Crippen molar-refractivity contribution in [3.8, 4) is 0 Å². The zero-order valence-electron chi connectivity index (χ0n) is 12.9. The molecule has 4 nitrogen and oxygen atoms in total. The molecule has 2 aliphatic heterocycles. The van der Waals surface area contributed by atoms with Gasteiger partial charge in [0.15, 0.2) is 0 Å². The Morgan fingerprint density at radius 1 is 1.26 bits per heavy atom. The summed E-state index contributed by atoms with van der Waals surface area (Å²) in [5, 5.41) is 7.49. The molecule has 1 aromatic heterocycles. The fourth-order valence-electron chi connectivity index (χ4n) is 3.09. The molecular formula is C17H17BrN2O2S. The molecule has 0 radical (unpaired) electrons. The van der Waals surface area contributed by atoms with Gasteiger partial charge in [0.2, 0.25) is 0 Å². The average Bonchev–Trinajstić information content (AvgIpc) is 2.84. The van der Waals surface area contributed by atoms with Crippen LogP contribution in [0.3, 0.4) is 0 Å². The number of hydrogen-bond donors (Lipinski definition) is 2. The van der Waals surface area contributed by atoms with Gasteiger partial charge in [0.25, 0.3) is 5.91 Å². The number of carbonyl (C=O) groups is 1. The number of hydrogen-bond acceptors (Lipinski definition) is 4. The van der Waals surface area contributed by atoms with Crippen molar-refractivity contribution in [1.29, 1.82) is 0 Å². The van der Waals surface area contributed by atoms with Gasteiger partial charge in [-0.15, -0.1) is 11.3 Å². The van der Waals surface area contributed by atoms with Crippen LogP contribution in [0, 0.1) is 0 Å². The van der Waals surface area contributed by atoms with Crippen molar-refractivity contribution in [1.82, 2.24) is 5.32 Å². The second kappa shape index (κ2) is 5.33. The maximum atomic E-state index is 12.7. The van der Waals surface area contributed by atoms with Crippen LogP contribution in [0.15, 0.2) is 28.7 Å². The number of rotatable bonds is 1. The summed E-state index contributed by atoms with van der Waals surface area (Å²) in [5.41, 5.74) is 2.76. The largest absolute Gasteiger partial charge is 0.370 e. The molecule has 0 bridgehead atoms. The standard InChI is InChI=1S/C17H17BrN2O2S/c1-17(2)7-11-12(8-22-17)23-16-13(11)15(21)19-14(20-16)9-3-5-10(18)6-4-9/h3-6,14,20H,7-8H2,1-2H3,(H,19,21)/t14-/m0/s1. The zero-order chi connectivity index (χ0) is 16.2. The molecule has 0 saturated carbocycles. The molecule has 0 aliphatic carbocycles. The molecule has 2 aliphatic rings. The van der Waals surface area contributed by atoms with Crippen LogP contribution in [0.1, 0.15) is 46.4 Å². The Hall–Kier alpha value is -1.37. The molecule has 0 spiro atoms. The molecule has 4 rings (SSSR count). The molecular weight excluding hydrogens is 376 g/mol. The number of benzene rings is 1. The monoisotopic (exact) mass is 392 g/mol. The van der Waals surface area contributed by atoms with E-state index in [0.717, 1.165) is 37.5 Å². The van der Waals surface area contributed by atoms with Crippen LogP contribution >= 0.6 is 27.3 Å². The van der Waals surface area contributed by atoms with E-state index in [1.807, 2.05) is 24.3 Å². The molecule has 0 saturated heterocycles. The van der Waals surface area contributed by atoms with Crippen LogP contribution in [0.5, 0.6) is 0 Å². The van der Waals surface area contributed by atoms with Crippen molar-refractivity contribution < 1.29 is 9.53 Å². The van der Waals surface area contributed by atoms with E-state index in [1.165, 1.54) is 0 Å². The molecule has 2 aromatic rings. The van der Waals surface area contributed by atoms with Gasteiger partial charge < -0.3 is 15.4 Å². The number of fused-ring (bicyclic) bond motifs is 3. The molecule has 1 amide bonds. The molecule has 1 aromatic carbocycles. The van der Waals surface area contributed by atoms with Crippen molar-refractivity contribution in [2.24, 2.45) is 0 Å². The van der Waals surface area contributed by atoms with Gasteiger partial charge in [-0.05, 0) is 37.1 Å². The van der Waals surface area contributed by atoms with E-state index in [0.29, 0.717) is 6.61 Å². The Labute approximate surface area is 147 Å². The van der Waals surface area contributed by atoms with Gasteiger partial charge in [-0.1, -0.05) is 28.1 Å². The van der Waals surface area contributed by atoms with Gasteiger partial charge in [-0.25, -0.2) is 0 Å². The Morgan fingerprint density at radius 3 is 2.74 bits per heavy atom. The van der Waals surface area contributed by atoms with Crippen LogP contribution in [0.2, 0.25) is 0 Å². The number of thiophene rings is 1. The van der Waals surface area contributed by atoms with Crippen LogP contribution in [-0.2, 0) is 17.8 Å². The van der Waals surface area contributed by atoms with E-state index in [1.54, 1.807) is 11.3 Å². The van der Waals surface area contributed by atoms with E-state index < -0.39 is 0 Å². The minimum absolute atomic E-state index is 0.00173. The summed E-state index contributed by atoms with van der Waals surface area (Å²) >= 11 is 5.07. The van der Waals surface area contributed by atoms with E-state index >= 15 is 0 Å². The van der Waals surface area contributed by atoms with Gasteiger partial charge in [0.05, 0.1) is 17.8 Å². The van der Waals surface area contributed by atoms with Crippen molar-refractivity contribution >= 4 is 38.2 Å². The number of ether oxygens (including phenoxy) is 1. The predicted octanol–water partition coefficient (Wildman–Crippen LogP) is 4.22. The first-order valence-corrected chi connectivity index (χ1v) is 9.15.